The molecule has 3 aromatic carbocycles. The summed E-state index contributed by atoms with van der Waals surface area (Å²) in [7, 11) is 0. The van der Waals surface area contributed by atoms with Crippen LogP contribution in [0.3, 0.4) is 0 Å². The van der Waals surface area contributed by atoms with Gasteiger partial charge in [-0.25, -0.2) is 5.01 Å². The number of carbonyl (C=O) groups excluding carboxylic acids is 1. The Balaban J connectivity index is 1.57. The second-order valence-electron chi connectivity index (χ2n) is 8.12. The highest BCUT2D eigenvalue weighted by atomic mass is 79.9. The number of ether oxygens (including phenoxy) is 1. The highest BCUT2D eigenvalue weighted by molar-refractivity contribution is 9.10. The van der Waals surface area contributed by atoms with E-state index < -0.39 is 5.72 Å². The molecule has 32 heavy (non-hydrogen) atoms. The third-order valence-corrected chi connectivity index (χ3v) is 6.88. The number of amides is 1. The number of anilines is 1. The predicted octanol–water partition coefficient (Wildman–Crippen LogP) is 5.38. The van der Waals surface area contributed by atoms with Gasteiger partial charge in [-0.2, -0.15) is 5.10 Å². The number of rotatable bonds is 3. The van der Waals surface area contributed by atoms with Gasteiger partial charge in [-0.15, -0.1) is 6.58 Å². The number of para-hydroxylation sites is 2. The van der Waals surface area contributed by atoms with Gasteiger partial charge in [-0.1, -0.05) is 70.5 Å². The van der Waals surface area contributed by atoms with Crippen LogP contribution >= 0.6 is 15.9 Å². The molecule has 0 N–H and O–H groups in total. The van der Waals surface area contributed by atoms with Crippen molar-refractivity contribution in [3.63, 3.8) is 0 Å². The van der Waals surface area contributed by atoms with Crippen molar-refractivity contribution in [2.45, 2.75) is 18.2 Å². The van der Waals surface area contributed by atoms with Gasteiger partial charge in [0, 0.05) is 23.0 Å². The minimum absolute atomic E-state index is 0.0979. The number of benzene rings is 3. The van der Waals surface area contributed by atoms with E-state index in [9.17, 15) is 4.79 Å². The van der Waals surface area contributed by atoms with Gasteiger partial charge >= 0.3 is 5.72 Å². The molecule has 0 unspecified atom stereocenters. The van der Waals surface area contributed by atoms with E-state index in [0.29, 0.717) is 13.0 Å². The lowest BCUT2D eigenvalue weighted by Crippen LogP contribution is -2.57. The number of hydrogen-bond acceptors (Lipinski definition) is 4. The molecule has 5 nitrogen and oxygen atoms in total. The lowest BCUT2D eigenvalue weighted by atomic mass is 9.92. The molecule has 158 valence electrons. The Morgan fingerprint density at radius 3 is 2.66 bits per heavy atom. The molecule has 3 aromatic rings. The van der Waals surface area contributed by atoms with Gasteiger partial charge < -0.3 is 9.64 Å². The van der Waals surface area contributed by atoms with Gasteiger partial charge in [-0.05, 0) is 29.8 Å². The Morgan fingerprint density at radius 2 is 1.84 bits per heavy atom. The molecule has 3 aliphatic heterocycles. The van der Waals surface area contributed by atoms with Crippen molar-refractivity contribution < 1.29 is 9.53 Å². The first kappa shape index (κ1) is 19.3. The van der Waals surface area contributed by atoms with Crippen LogP contribution in [0.5, 0.6) is 5.75 Å². The van der Waals surface area contributed by atoms with Crippen molar-refractivity contribution in [1.82, 2.24) is 5.01 Å². The molecule has 0 aromatic heterocycles. The van der Waals surface area contributed by atoms with E-state index in [0.717, 1.165) is 38.3 Å². The zero-order valence-corrected chi connectivity index (χ0v) is 18.8. The van der Waals surface area contributed by atoms with Gasteiger partial charge in [-0.3, -0.25) is 4.79 Å². The molecule has 0 bridgehead atoms. The Bertz CT molecular complexity index is 1290. The van der Waals surface area contributed by atoms with Crippen LogP contribution in [-0.4, -0.2) is 23.2 Å². The summed E-state index contributed by atoms with van der Waals surface area (Å²) in [5, 5.41) is 6.91. The van der Waals surface area contributed by atoms with E-state index >= 15 is 0 Å². The van der Waals surface area contributed by atoms with Gasteiger partial charge in [0.15, 0.2) is 0 Å². The number of nitrogens with zero attached hydrogens (tertiary/aromatic N) is 3. The number of hydrazone groups is 1. The summed E-state index contributed by atoms with van der Waals surface area (Å²) in [4.78, 5) is 15.7. The molecule has 6 rings (SSSR count). The predicted molar refractivity (Wildman–Crippen MR) is 128 cm³/mol. The minimum atomic E-state index is -1.34. The zero-order chi connectivity index (χ0) is 21.9. The van der Waals surface area contributed by atoms with Crippen molar-refractivity contribution in [2.24, 2.45) is 5.10 Å². The first-order chi connectivity index (χ1) is 15.6. The minimum Gasteiger partial charge on any atom is -0.453 e. The van der Waals surface area contributed by atoms with E-state index in [1.165, 1.54) is 0 Å². The Kier molecular flexibility index (Phi) is 4.27. The largest absolute Gasteiger partial charge is 0.453 e. The molecular weight excluding hydrogens is 466 g/mol. The van der Waals surface area contributed by atoms with Crippen LogP contribution in [0.4, 0.5) is 5.69 Å². The summed E-state index contributed by atoms with van der Waals surface area (Å²) in [5.41, 5.74) is 3.33. The normalized spacial score (nSPS) is 22.8. The molecule has 0 radical (unpaired) electrons. The van der Waals surface area contributed by atoms with Gasteiger partial charge in [0.25, 0.3) is 5.91 Å². The second-order valence-corrected chi connectivity index (χ2v) is 9.04. The summed E-state index contributed by atoms with van der Waals surface area (Å²) in [5.74, 6) is 0.587. The smallest absolute Gasteiger partial charge is 0.306 e. The molecule has 6 heteroatoms. The van der Waals surface area contributed by atoms with Crippen LogP contribution in [0.2, 0.25) is 0 Å². The van der Waals surface area contributed by atoms with Crippen LogP contribution in [0.1, 0.15) is 29.2 Å². The summed E-state index contributed by atoms with van der Waals surface area (Å²) in [6, 6.07) is 23.8. The molecule has 1 amide bonds. The maximum Gasteiger partial charge on any atom is 0.306 e. The lowest BCUT2D eigenvalue weighted by molar-refractivity contribution is -0.163. The van der Waals surface area contributed by atoms with Gasteiger partial charge in [0.2, 0.25) is 0 Å². The van der Waals surface area contributed by atoms with Crippen LogP contribution in [0.15, 0.2) is 95.0 Å². The topological polar surface area (TPSA) is 45.1 Å². The molecule has 3 heterocycles. The molecule has 0 fully saturated rings. The third-order valence-electron chi connectivity index (χ3n) is 6.35. The van der Waals surface area contributed by atoms with Crippen LogP contribution in [0, 0.1) is 0 Å². The standard InChI is InChI=1S/C26H20BrN3O2/c1-2-15-29-22-9-5-4-8-20(22)26(25(29)31)30-23(19-7-3-6-10-24(19)32-26)16-21(28-30)17-11-13-18(27)14-12-17/h2-14,23H,1,15-16H2/t23-,26+/m1/s1. The fourth-order valence-electron chi connectivity index (χ4n) is 4.95. The lowest BCUT2D eigenvalue weighted by Gasteiger charge is -2.44. The SMILES string of the molecule is C=CCN1C(=O)[C@@]2(Oc3ccccc3[C@H]3CC(c4ccc(Br)cc4)=NN32)c2ccccc21. The molecular formula is C26H20BrN3O2. The molecule has 0 saturated carbocycles. The summed E-state index contributed by atoms with van der Waals surface area (Å²) in [6.45, 7) is 4.25. The average molecular weight is 486 g/mol. The van der Waals surface area contributed by atoms with Crippen molar-refractivity contribution in [3.8, 4) is 5.75 Å². The van der Waals surface area contributed by atoms with E-state index in [1.54, 1.807) is 11.0 Å². The summed E-state index contributed by atoms with van der Waals surface area (Å²) >= 11 is 3.50. The highest BCUT2D eigenvalue weighted by Gasteiger charge is 2.62. The van der Waals surface area contributed by atoms with Crippen LogP contribution in [-0.2, 0) is 10.5 Å². The van der Waals surface area contributed by atoms with Gasteiger partial charge in [0.05, 0.1) is 23.0 Å². The first-order valence-electron chi connectivity index (χ1n) is 10.6. The molecule has 1 spiro atoms. The summed E-state index contributed by atoms with van der Waals surface area (Å²) < 4.78 is 7.62. The number of fused-ring (bicyclic) bond motifs is 6. The maximum absolute atomic E-state index is 14.0. The highest BCUT2D eigenvalue weighted by Crippen LogP contribution is 2.55. The number of carbonyl (C=O) groups is 1. The zero-order valence-electron chi connectivity index (χ0n) is 17.2. The second kappa shape index (κ2) is 7.07. The van der Waals surface area contributed by atoms with Crippen LogP contribution < -0.4 is 9.64 Å². The first-order valence-corrected chi connectivity index (χ1v) is 11.4. The van der Waals surface area contributed by atoms with Crippen molar-refractivity contribution in [3.05, 3.63) is 107 Å². The average Bonchev–Trinajstić information content (AvgIpc) is 3.36. The van der Waals surface area contributed by atoms with E-state index in [-0.39, 0.29) is 11.9 Å². The van der Waals surface area contributed by atoms with E-state index in [4.69, 9.17) is 9.84 Å². The Labute approximate surface area is 194 Å². The maximum atomic E-state index is 14.0. The van der Waals surface area contributed by atoms with Gasteiger partial charge in [0.1, 0.15) is 5.75 Å². The number of halogens is 1. The van der Waals surface area contributed by atoms with Crippen molar-refractivity contribution in [1.29, 1.82) is 0 Å². The quantitative estimate of drug-likeness (QED) is 0.468. The fourth-order valence-corrected chi connectivity index (χ4v) is 5.21. The van der Waals surface area contributed by atoms with E-state index in [1.807, 2.05) is 59.6 Å². The molecule has 2 atom stereocenters. The Morgan fingerprint density at radius 1 is 1.09 bits per heavy atom. The summed E-state index contributed by atoms with van der Waals surface area (Å²) in [6.07, 6.45) is 2.43. The number of hydrogen-bond donors (Lipinski definition) is 0. The van der Waals surface area contributed by atoms with Crippen molar-refractivity contribution >= 4 is 33.2 Å². The third kappa shape index (κ3) is 2.56. The van der Waals surface area contributed by atoms with Crippen molar-refractivity contribution in [2.75, 3.05) is 11.4 Å². The van der Waals surface area contributed by atoms with E-state index in [2.05, 4.69) is 40.7 Å². The molecule has 0 saturated heterocycles. The Hall–Kier alpha value is -3.38. The monoisotopic (exact) mass is 485 g/mol. The molecule has 0 aliphatic carbocycles. The van der Waals surface area contributed by atoms with Crippen LogP contribution in [0.25, 0.3) is 0 Å². The molecule has 3 aliphatic rings. The fraction of sp³-hybridized carbons (Fsp3) is 0.154.